The van der Waals surface area contributed by atoms with E-state index in [1.165, 1.54) is 26.3 Å². The fraction of sp³-hybridized carbons (Fsp3) is 0.176. The third-order valence-electron chi connectivity index (χ3n) is 3.93. The lowest BCUT2D eigenvalue weighted by atomic mass is 10.0. The number of methoxy groups -OCH3 is 1. The van der Waals surface area contributed by atoms with E-state index >= 15 is 0 Å². The van der Waals surface area contributed by atoms with Gasteiger partial charge in [0.15, 0.2) is 0 Å². The molecule has 2 N–H and O–H groups in total. The molecular formula is C17H17N3O4S. The van der Waals surface area contributed by atoms with E-state index in [9.17, 15) is 13.2 Å². The number of nitrogens with one attached hydrogen (secondary N) is 2. The van der Waals surface area contributed by atoms with Crippen LogP contribution in [0.4, 0.5) is 0 Å². The highest BCUT2D eigenvalue weighted by Crippen LogP contribution is 2.24. The quantitative estimate of drug-likeness (QED) is 0.677. The second kappa shape index (κ2) is 6.66. The normalized spacial score (nSPS) is 11.6. The van der Waals surface area contributed by atoms with Crippen LogP contribution in [-0.4, -0.2) is 38.5 Å². The number of aromatic nitrogens is 2. The summed E-state index contributed by atoms with van der Waals surface area (Å²) in [7, 11) is -0.793. The van der Waals surface area contributed by atoms with Gasteiger partial charge in [-0.1, -0.05) is 12.1 Å². The summed E-state index contributed by atoms with van der Waals surface area (Å²) in [6, 6.07) is 10.1. The Morgan fingerprint density at radius 1 is 1.24 bits per heavy atom. The second-order valence-corrected chi connectivity index (χ2v) is 7.28. The zero-order chi connectivity index (χ0) is 18.0. The molecule has 0 amide bonds. The first-order valence-corrected chi connectivity index (χ1v) is 9.01. The summed E-state index contributed by atoms with van der Waals surface area (Å²) in [4.78, 5) is 19.6. The first-order valence-electron chi connectivity index (χ1n) is 7.52. The number of esters is 1. The molecule has 8 heteroatoms. The number of sulfonamides is 1. The van der Waals surface area contributed by atoms with E-state index in [0.717, 1.165) is 11.1 Å². The Balaban J connectivity index is 2.01. The van der Waals surface area contributed by atoms with E-state index in [-0.39, 0.29) is 4.90 Å². The van der Waals surface area contributed by atoms with Crippen molar-refractivity contribution in [3.63, 3.8) is 0 Å². The number of pyridine rings is 1. The summed E-state index contributed by atoms with van der Waals surface area (Å²) in [5, 5.41) is 0. The SMILES string of the molecule is CNS(=O)(=O)c1ccc(Cc2c(C(=O)OC)[nH]c3cccnc23)cc1. The third kappa shape index (κ3) is 3.26. The van der Waals surface area contributed by atoms with Crippen LogP contribution in [0.1, 0.15) is 21.6 Å². The number of nitrogens with zero attached hydrogens (tertiary/aromatic N) is 1. The van der Waals surface area contributed by atoms with Crippen LogP contribution in [0.15, 0.2) is 47.5 Å². The number of hydrogen-bond donors (Lipinski definition) is 2. The predicted molar refractivity (Wildman–Crippen MR) is 92.9 cm³/mol. The molecular weight excluding hydrogens is 342 g/mol. The highest BCUT2D eigenvalue weighted by atomic mass is 32.2. The minimum Gasteiger partial charge on any atom is -0.464 e. The summed E-state index contributed by atoms with van der Waals surface area (Å²) in [6.45, 7) is 0. The Hall–Kier alpha value is -2.71. The van der Waals surface area contributed by atoms with Gasteiger partial charge in [-0.25, -0.2) is 17.9 Å². The summed E-state index contributed by atoms with van der Waals surface area (Å²) >= 11 is 0. The smallest absolute Gasteiger partial charge is 0.354 e. The highest BCUT2D eigenvalue weighted by Gasteiger charge is 2.19. The molecule has 0 aliphatic heterocycles. The van der Waals surface area contributed by atoms with Gasteiger partial charge in [0.2, 0.25) is 10.0 Å². The summed E-state index contributed by atoms with van der Waals surface area (Å²) in [5.74, 6) is -0.470. The molecule has 0 aliphatic carbocycles. The molecule has 0 unspecified atom stereocenters. The Bertz CT molecular complexity index is 1020. The lowest BCUT2D eigenvalue weighted by molar-refractivity contribution is 0.0594. The molecule has 0 fully saturated rings. The van der Waals surface area contributed by atoms with Gasteiger partial charge in [-0.05, 0) is 36.9 Å². The van der Waals surface area contributed by atoms with Gasteiger partial charge in [0, 0.05) is 18.2 Å². The molecule has 2 aromatic heterocycles. The van der Waals surface area contributed by atoms with Gasteiger partial charge in [0.1, 0.15) is 5.69 Å². The van der Waals surface area contributed by atoms with Gasteiger partial charge < -0.3 is 9.72 Å². The van der Waals surface area contributed by atoms with Crippen molar-refractivity contribution in [1.29, 1.82) is 0 Å². The van der Waals surface area contributed by atoms with Gasteiger partial charge in [-0.3, -0.25) is 4.98 Å². The summed E-state index contributed by atoms with van der Waals surface area (Å²) in [5.41, 5.74) is 3.35. The predicted octanol–water partition coefficient (Wildman–Crippen LogP) is 1.85. The van der Waals surface area contributed by atoms with Crippen molar-refractivity contribution in [2.45, 2.75) is 11.3 Å². The maximum Gasteiger partial charge on any atom is 0.354 e. The molecule has 0 spiro atoms. The van der Waals surface area contributed by atoms with E-state index in [4.69, 9.17) is 4.74 Å². The van der Waals surface area contributed by atoms with Crippen molar-refractivity contribution in [3.8, 4) is 0 Å². The first-order chi connectivity index (χ1) is 12.0. The number of hydrogen-bond acceptors (Lipinski definition) is 5. The molecule has 25 heavy (non-hydrogen) atoms. The van der Waals surface area contributed by atoms with Crippen LogP contribution < -0.4 is 4.72 Å². The largest absolute Gasteiger partial charge is 0.464 e. The number of H-pyrrole nitrogens is 1. The van der Waals surface area contributed by atoms with Crippen molar-refractivity contribution in [1.82, 2.24) is 14.7 Å². The van der Waals surface area contributed by atoms with Crippen LogP contribution in [0.5, 0.6) is 0 Å². The Kier molecular flexibility index (Phi) is 4.56. The lowest BCUT2D eigenvalue weighted by Crippen LogP contribution is -2.18. The van der Waals surface area contributed by atoms with Crippen molar-refractivity contribution < 1.29 is 17.9 Å². The zero-order valence-corrected chi connectivity index (χ0v) is 14.6. The van der Waals surface area contributed by atoms with Crippen LogP contribution in [0.25, 0.3) is 11.0 Å². The number of carbonyl (C=O) groups excluding carboxylic acids is 1. The first kappa shape index (κ1) is 17.1. The van der Waals surface area contributed by atoms with Gasteiger partial charge in [-0.15, -0.1) is 0 Å². The Morgan fingerprint density at radius 2 is 1.96 bits per heavy atom. The van der Waals surface area contributed by atoms with Crippen LogP contribution in [0, 0.1) is 0 Å². The lowest BCUT2D eigenvalue weighted by Gasteiger charge is -2.06. The fourth-order valence-corrected chi connectivity index (χ4v) is 3.36. The molecule has 0 saturated heterocycles. The zero-order valence-electron chi connectivity index (χ0n) is 13.7. The van der Waals surface area contributed by atoms with E-state index < -0.39 is 16.0 Å². The third-order valence-corrected chi connectivity index (χ3v) is 5.36. The van der Waals surface area contributed by atoms with Crippen molar-refractivity contribution in [3.05, 3.63) is 59.4 Å². The van der Waals surface area contributed by atoms with Crippen LogP contribution in [-0.2, 0) is 21.2 Å². The van der Waals surface area contributed by atoms with E-state index in [2.05, 4.69) is 14.7 Å². The van der Waals surface area contributed by atoms with Crippen LogP contribution in [0.2, 0.25) is 0 Å². The maximum atomic E-state index is 12.0. The topological polar surface area (TPSA) is 101 Å². The van der Waals surface area contributed by atoms with Crippen molar-refractivity contribution in [2.24, 2.45) is 0 Å². The Labute approximate surface area is 145 Å². The number of fused-ring (bicyclic) bond motifs is 1. The minimum absolute atomic E-state index is 0.184. The van der Waals surface area contributed by atoms with E-state index in [1.807, 2.05) is 6.07 Å². The summed E-state index contributed by atoms with van der Waals surface area (Å²) < 4.78 is 30.7. The molecule has 0 aliphatic rings. The molecule has 3 rings (SSSR count). The van der Waals surface area contributed by atoms with Crippen molar-refractivity contribution in [2.75, 3.05) is 14.2 Å². The molecule has 0 saturated carbocycles. The average Bonchev–Trinajstić information content (AvgIpc) is 3.00. The minimum atomic E-state index is -3.48. The molecule has 0 atom stereocenters. The monoisotopic (exact) mass is 359 g/mol. The molecule has 3 aromatic rings. The number of benzene rings is 1. The van der Waals surface area contributed by atoms with Gasteiger partial charge in [0.25, 0.3) is 0 Å². The van der Waals surface area contributed by atoms with Gasteiger partial charge in [0.05, 0.1) is 23.0 Å². The molecule has 0 radical (unpaired) electrons. The molecule has 7 nitrogen and oxygen atoms in total. The maximum absolute atomic E-state index is 12.0. The van der Waals surface area contributed by atoms with Crippen LogP contribution in [0.3, 0.4) is 0 Å². The molecule has 2 heterocycles. The second-order valence-electron chi connectivity index (χ2n) is 5.40. The highest BCUT2D eigenvalue weighted by molar-refractivity contribution is 7.89. The average molecular weight is 359 g/mol. The number of carbonyl (C=O) groups is 1. The molecule has 0 bridgehead atoms. The molecule has 1 aromatic carbocycles. The fourth-order valence-electron chi connectivity index (χ4n) is 2.63. The van der Waals surface area contributed by atoms with Gasteiger partial charge >= 0.3 is 5.97 Å². The van der Waals surface area contributed by atoms with Crippen molar-refractivity contribution >= 4 is 27.0 Å². The van der Waals surface area contributed by atoms with Gasteiger partial charge in [-0.2, -0.15) is 0 Å². The van der Waals surface area contributed by atoms with E-state index in [0.29, 0.717) is 23.2 Å². The number of rotatable bonds is 5. The van der Waals surface area contributed by atoms with Crippen LogP contribution >= 0.6 is 0 Å². The number of ether oxygens (including phenoxy) is 1. The Morgan fingerprint density at radius 3 is 2.60 bits per heavy atom. The van der Waals surface area contributed by atoms with E-state index in [1.54, 1.807) is 24.4 Å². The number of aromatic amines is 1. The summed E-state index contributed by atoms with van der Waals surface area (Å²) in [6.07, 6.45) is 2.07. The molecule has 130 valence electrons. The standard InChI is InChI=1S/C17H17N3O4S/c1-18-25(22,23)12-7-5-11(6-8-12)10-13-15-14(4-3-9-19-15)20-16(13)17(21)24-2/h3-9,18,20H,10H2,1-2H3.